The van der Waals surface area contributed by atoms with Crippen molar-refractivity contribution in [2.75, 3.05) is 23.3 Å². The Morgan fingerprint density at radius 2 is 1.81 bits per heavy atom. The van der Waals surface area contributed by atoms with E-state index < -0.39 is 17.8 Å². The molecule has 8 heteroatoms. The summed E-state index contributed by atoms with van der Waals surface area (Å²) in [7, 11) is 0. The van der Waals surface area contributed by atoms with Crippen LogP contribution in [0.4, 0.5) is 24.7 Å². The highest BCUT2D eigenvalue weighted by molar-refractivity contribution is 5.93. The van der Waals surface area contributed by atoms with Crippen molar-refractivity contribution in [2.24, 2.45) is 5.92 Å². The van der Waals surface area contributed by atoms with E-state index in [0.29, 0.717) is 30.6 Å². The van der Waals surface area contributed by atoms with Crippen LogP contribution in [0, 0.1) is 19.8 Å². The summed E-state index contributed by atoms with van der Waals surface area (Å²) in [4.78, 5) is 22.5. The zero-order chi connectivity index (χ0) is 22.2. The summed E-state index contributed by atoms with van der Waals surface area (Å²) in [5.41, 5.74) is 2.33. The van der Waals surface area contributed by atoms with Crippen LogP contribution in [0.1, 0.15) is 29.7 Å². The number of nitrogens with zero attached hydrogens (tertiary/aromatic N) is 3. The molecule has 2 aromatic carbocycles. The molecule has 0 saturated carbocycles. The number of carbonyl (C=O) groups excluding carboxylic acids is 1. The monoisotopic (exact) mass is 428 g/mol. The van der Waals surface area contributed by atoms with Gasteiger partial charge in [0.2, 0.25) is 5.91 Å². The first-order chi connectivity index (χ1) is 14.7. The molecule has 1 aliphatic rings. The Morgan fingerprint density at radius 3 is 2.48 bits per heavy atom. The first-order valence-corrected chi connectivity index (χ1v) is 10.2. The minimum absolute atomic E-state index is 0.160. The van der Waals surface area contributed by atoms with Crippen LogP contribution in [0.2, 0.25) is 0 Å². The number of hydrogen-bond donors (Lipinski definition) is 1. The van der Waals surface area contributed by atoms with Gasteiger partial charge in [-0.25, -0.2) is 9.97 Å². The largest absolute Gasteiger partial charge is 0.437 e. The van der Waals surface area contributed by atoms with E-state index in [1.165, 1.54) is 11.0 Å². The Hall–Kier alpha value is -3.16. The molecule has 0 spiro atoms. The lowest BCUT2D eigenvalue weighted by atomic mass is 9.96. The van der Waals surface area contributed by atoms with E-state index in [1.54, 1.807) is 18.2 Å². The molecule has 0 radical (unpaired) electrons. The van der Waals surface area contributed by atoms with E-state index in [1.807, 2.05) is 32.0 Å². The minimum atomic E-state index is -4.64. The topological polar surface area (TPSA) is 58.1 Å². The highest BCUT2D eigenvalue weighted by Crippen LogP contribution is 2.36. The van der Waals surface area contributed by atoms with E-state index in [9.17, 15) is 18.0 Å². The van der Waals surface area contributed by atoms with Gasteiger partial charge >= 0.3 is 6.18 Å². The Balaban J connectivity index is 1.61. The van der Waals surface area contributed by atoms with Crippen molar-refractivity contribution >= 4 is 28.4 Å². The summed E-state index contributed by atoms with van der Waals surface area (Å²) in [5, 5.41) is 2.93. The molecule has 3 aromatic rings. The summed E-state index contributed by atoms with van der Waals surface area (Å²) in [6.45, 7) is 4.44. The summed E-state index contributed by atoms with van der Waals surface area (Å²) in [5.74, 6) is -0.849. The lowest BCUT2D eigenvalue weighted by molar-refractivity contribution is -0.140. The molecular weight excluding hydrogens is 405 g/mol. The first-order valence-electron chi connectivity index (χ1n) is 10.2. The average Bonchev–Trinajstić information content (AvgIpc) is 2.74. The lowest BCUT2D eigenvalue weighted by Crippen LogP contribution is -2.42. The normalized spacial score (nSPS) is 17.1. The van der Waals surface area contributed by atoms with Gasteiger partial charge in [0.05, 0.1) is 17.0 Å². The maximum absolute atomic E-state index is 13.7. The smallest absolute Gasteiger partial charge is 0.354 e. The molecule has 1 aromatic heterocycles. The number of aryl methyl sites for hydroxylation is 2. The molecule has 4 rings (SSSR count). The van der Waals surface area contributed by atoms with E-state index in [4.69, 9.17) is 0 Å². The number of hydrogen-bond acceptors (Lipinski definition) is 4. The van der Waals surface area contributed by atoms with E-state index in [0.717, 1.165) is 11.1 Å². The standard InChI is InChI=1S/C23H23F3N4O/c1-14-9-10-17(15(2)12-14)29-22(31)16-6-5-11-30(13-16)21-20(23(24,25)26)27-18-7-3-4-8-19(18)28-21/h3-4,7-10,12,16H,5-6,11,13H2,1-2H3,(H,29,31)/t16-/m1/s1. The number of halogens is 3. The predicted octanol–water partition coefficient (Wildman–Crippen LogP) is 5.12. The number of piperidine rings is 1. The van der Waals surface area contributed by atoms with Crippen molar-refractivity contribution in [1.82, 2.24) is 9.97 Å². The number of amides is 1. The van der Waals surface area contributed by atoms with Gasteiger partial charge in [-0.2, -0.15) is 13.2 Å². The Morgan fingerprint density at radius 1 is 1.10 bits per heavy atom. The van der Waals surface area contributed by atoms with Crippen molar-refractivity contribution in [3.05, 3.63) is 59.3 Å². The van der Waals surface area contributed by atoms with Gasteiger partial charge in [-0.1, -0.05) is 29.8 Å². The second-order valence-corrected chi connectivity index (χ2v) is 7.98. The summed E-state index contributed by atoms with van der Waals surface area (Å²) in [6, 6.07) is 12.2. The van der Waals surface area contributed by atoms with Crippen molar-refractivity contribution in [1.29, 1.82) is 0 Å². The minimum Gasteiger partial charge on any atom is -0.354 e. The molecule has 1 amide bonds. The molecule has 0 bridgehead atoms. The summed E-state index contributed by atoms with van der Waals surface area (Å²) < 4.78 is 41.2. The van der Waals surface area contributed by atoms with Crippen LogP contribution in [-0.2, 0) is 11.0 Å². The molecular formula is C23H23F3N4O. The van der Waals surface area contributed by atoms with Crippen LogP contribution in [0.25, 0.3) is 11.0 Å². The third-order valence-corrected chi connectivity index (χ3v) is 5.55. The average molecular weight is 428 g/mol. The summed E-state index contributed by atoms with van der Waals surface area (Å²) >= 11 is 0. The van der Waals surface area contributed by atoms with Gasteiger partial charge in [0.15, 0.2) is 11.5 Å². The fourth-order valence-electron chi connectivity index (χ4n) is 3.97. The Bertz CT molecular complexity index is 1130. The van der Waals surface area contributed by atoms with Gasteiger partial charge in [-0.15, -0.1) is 0 Å². The van der Waals surface area contributed by atoms with E-state index in [2.05, 4.69) is 15.3 Å². The number of fused-ring (bicyclic) bond motifs is 1. The molecule has 2 heterocycles. The highest BCUT2D eigenvalue weighted by Gasteiger charge is 2.40. The summed E-state index contributed by atoms with van der Waals surface area (Å²) in [6.07, 6.45) is -3.44. The fraction of sp³-hybridized carbons (Fsp3) is 0.348. The maximum Gasteiger partial charge on any atom is 0.437 e. The van der Waals surface area contributed by atoms with Crippen molar-refractivity contribution in [3.63, 3.8) is 0 Å². The maximum atomic E-state index is 13.7. The molecule has 1 N–H and O–H groups in total. The number of benzene rings is 2. The molecule has 162 valence electrons. The number of para-hydroxylation sites is 2. The van der Waals surface area contributed by atoms with Crippen LogP contribution in [-0.4, -0.2) is 29.0 Å². The molecule has 0 aliphatic carbocycles. The third-order valence-electron chi connectivity index (χ3n) is 5.55. The molecule has 1 atom stereocenters. The molecule has 1 saturated heterocycles. The van der Waals surface area contributed by atoms with Crippen molar-refractivity contribution in [3.8, 4) is 0 Å². The van der Waals surface area contributed by atoms with Crippen LogP contribution >= 0.6 is 0 Å². The molecule has 1 fully saturated rings. The number of alkyl halides is 3. The number of carbonyl (C=O) groups is 1. The van der Waals surface area contributed by atoms with Gasteiger partial charge in [-0.3, -0.25) is 4.79 Å². The third kappa shape index (κ3) is 4.47. The molecule has 5 nitrogen and oxygen atoms in total. The van der Waals surface area contributed by atoms with Crippen LogP contribution < -0.4 is 10.2 Å². The van der Waals surface area contributed by atoms with Crippen LogP contribution in [0.3, 0.4) is 0 Å². The molecule has 1 aliphatic heterocycles. The second kappa shape index (κ2) is 8.17. The molecule has 31 heavy (non-hydrogen) atoms. The Labute approximate surface area is 178 Å². The fourth-order valence-corrected chi connectivity index (χ4v) is 3.97. The number of nitrogens with one attached hydrogen (secondary N) is 1. The SMILES string of the molecule is Cc1ccc(NC(=O)[C@@H]2CCCN(c3nc4ccccc4nc3C(F)(F)F)C2)c(C)c1. The zero-order valence-electron chi connectivity index (χ0n) is 17.3. The van der Waals surface area contributed by atoms with Gasteiger partial charge in [0, 0.05) is 18.8 Å². The van der Waals surface area contributed by atoms with Gasteiger partial charge in [-0.05, 0) is 50.5 Å². The van der Waals surface area contributed by atoms with E-state index in [-0.39, 0.29) is 23.8 Å². The van der Waals surface area contributed by atoms with Crippen LogP contribution in [0.15, 0.2) is 42.5 Å². The van der Waals surface area contributed by atoms with Gasteiger partial charge in [0.25, 0.3) is 0 Å². The second-order valence-electron chi connectivity index (χ2n) is 7.98. The lowest BCUT2D eigenvalue weighted by Gasteiger charge is -2.34. The highest BCUT2D eigenvalue weighted by atomic mass is 19.4. The molecule has 0 unspecified atom stereocenters. The van der Waals surface area contributed by atoms with Gasteiger partial charge in [0.1, 0.15) is 0 Å². The Kier molecular flexibility index (Phi) is 5.56. The number of aromatic nitrogens is 2. The van der Waals surface area contributed by atoms with E-state index >= 15 is 0 Å². The number of rotatable bonds is 3. The first kappa shape index (κ1) is 21.1. The van der Waals surface area contributed by atoms with Gasteiger partial charge < -0.3 is 10.2 Å². The van der Waals surface area contributed by atoms with Crippen LogP contribution in [0.5, 0.6) is 0 Å². The van der Waals surface area contributed by atoms with Crippen molar-refractivity contribution < 1.29 is 18.0 Å². The quantitative estimate of drug-likeness (QED) is 0.629. The zero-order valence-corrected chi connectivity index (χ0v) is 17.3. The predicted molar refractivity (Wildman–Crippen MR) is 114 cm³/mol. The number of anilines is 2. The van der Waals surface area contributed by atoms with Crippen molar-refractivity contribution in [2.45, 2.75) is 32.9 Å².